The van der Waals surface area contributed by atoms with Crippen LogP contribution in [0.25, 0.3) is 0 Å². The van der Waals surface area contributed by atoms with Gasteiger partial charge in [-0.2, -0.15) is 0 Å². The van der Waals surface area contributed by atoms with Crippen LogP contribution in [0.15, 0.2) is 18.3 Å². The standard InChI is InChI=1S/C12H18N2/c1-9(2)12-6-3-10(8-14-12)7-13-11-4-5-11/h3,6,8-9,11,13H,4-5,7H2,1-2H3. The molecule has 1 fully saturated rings. The lowest BCUT2D eigenvalue weighted by atomic mass is 10.1. The number of nitrogens with zero attached hydrogens (tertiary/aromatic N) is 1. The Morgan fingerprint density at radius 3 is 2.71 bits per heavy atom. The average molecular weight is 190 g/mol. The highest BCUT2D eigenvalue weighted by Crippen LogP contribution is 2.19. The summed E-state index contributed by atoms with van der Waals surface area (Å²) in [5, 5.41) is 3.48. The first kappa shape index (κ1) is 9.66. The molecule has 0 aliphatic heterocycles. The first-order chi connectivity index (χ1) is 6.75. The van der Waals surface area contributed by atoms with Crippen molar-refractivity contribution in [2.45, 2.75) is 45.2 Å². The molecule has 0 atom stereocenters. The van der Waals surface area contributed by atoms with Crippen molar-refractivity contribution in [1.82, 2.24) is 10.3 Å². The van der Waals surface area contributed by atoms with E-state index in [9.17, 15) is 0 Å². The Kier molecular flexibility index (Phi) is 2.82. The zero-order chi connectivity index (χ0) is 9.97. The molecule has 2 nitrogen and oxygen atoms in total. The summed E-state index contributed by atoms with van der Waals surface area (Å²) in [7, 11) is 0. The van der Waals surface area contributed by atoms with E-state index >= 15 is 0 Å². The molecule has 1 heterocycles. The Bertz CT molecular complexity index is 286. The lowest BCUT2D eigenvalue weighted by Crippen LogP contribution is -2.15. The van der Waals surface area contributed by atoms with Gasteiger partial charge < -0.3 is 5.32 Å². The number of pyridine rings is 1. The molecule has 14 heavy (non-hydrogen) atoms. The summed E-state index contributed by atoms with van der Waals surface area (Å²) in [5.74, 6) is 0.528. The van der Waals surface area contributed by atoms with Gasteiger partial charge in [0.25, 0.3) is 0 Å². The molecule has 2 heteroatoms. The third-order valence-corrected chi connectivity index (χ3v) is 2.61. The van der Waals surface area contributed by atoms with Crippen molar-refractivity contribution in [3.63, 3.8) is 0 Å². The summed E-state index contributed by atoms with van der Waals surface area (Å²) in [6.45, 7) is 5.31. The summed E-state index contributed by atoms with van der Waals surface area (Å²) in [5.41, 5.74) is 2.47. The van der Waals surface area contributed by atoms with Crippen LogP contribution in [0.2, 0.25) is 0 Å². The predicted molar refractivity (Wildman–Crippen MR) is 58.2 cm³/mol. The minimum atomic E-state index is 0.528. The van der Waals surface area contributed by atoms with Crippen molar-refractivity contribution in [3.8, 4) is 0 Å². The fourth-order valence-corrected chi connectivity index (χ4v) is 1.43. The lowest BCUT2D eigenvalue weighted by molar-refractivity contribution is 0.684. The molecule has 1 aliphatic carbocycles. The van der Waals surface area contributed by atoms with Crippen molar-refractivity contribution in [1.29, 1.82) is 0 Å². The molecule has 0 bridgehead atoms. The molecule has 1 aromatic rings. The summed E-state index contributed by atoms with van der Waals surface area (Å²) in [6.07, 6.45) is 4.68. The second-order valence-corrected chi connectivity index (χ2v) is 4.40. The molecular formula is C12H18N2. The second-order valence-electron chi connectivity index (χ2n) is 4.40. The van der Waals surface area contributed by atoms with Gasteiger partial charge in [0.2, 0.25) is 0 Å². The summed E-state index contributed by atoms with van der Waals surface area (Å²) in [6, 6.07) is 5.09. The molecule has 0 aromatic carbocycles. The zero-order valence-electron chi connectivity index (χ0n) is 8.96. The fourth-order valence-electron chi connectivity index (χ4n) is 1.43. The van der Waals surface area contributed by atoms with Gasteiger partial charge in [0.1, 0.15) is 0 Å². The topological polar surface area (TPSA) is 24.9 Å². The molecule has 0 saturated heterocycles. The van der Waals surface area contributed by atoms with Gasteiger partial charge in [0.05, 0.1) is 0 Å². The number of hydrogen-bond donors (Lipinski definition) is 1. The maximum absolute atomic E-state index is 4.44. The molecule has 0 spiro atoms. The van der Waals surface area contributed by atoms with Gasteiger partial charge in [0.15, 0.2) is 0 Å². The van der Waals surface area contributed by atoms with E-state index in [0.717, 1.165) is 12.6 Å². The molecule has 1 aromatic heterocycles. The zero-order valence-corrected chi connectivity index (χ0v) is 8.96. The van der Waals surface area contributed by atoms with Crippen molar-refractivity contribution in [2.24, 2.45) is 0 Å². The Labute approximate surface area is 85.7 Å². The van der Waals surface area contributed by atoms with E-state index in [2.05, 4.69) is 36.3 Å². The first-order valence-corrected chi connectivity index (χ1v) is 5.44. The van der Waals surface area contributed by atoms with E-state index in [4.69, 9.17) is 0 Å². The van der Waals surface area contributed by atoms with Crippen LogP contribution in [0.5, 0.6) is 0 Å². The molecule has 1 N–H and O–H groups in total. The molecule has 0 unspecified atom stereocenters. The van der Waals surface area contributed by atoms with Gasteiger partial charge in [-0.05, 0) is 30.4 Å². The molecular weight excluding hydrogens is 172 g/mol. The molecule has 1 aliphatic rings. The van der Waals surface area contributed by atoms with Gasteiger partial charge in [0, 0.05) is 24.5 Å². The van der Waals surface area contributed by atoms with Gasteiger partial charge in [-0.1, -0.05) is 19.9 Å². The largest absolute Gasteiger partial charge is 0.310 e. The number of rotatable bonds is 4. The second kappa shape index (κ2) is 4.09. The SMILES string of the molecule is CC(C)c1ccc(CNC2CC2)cn1. The predicted octanol–water partition coefficient (Wildman–Crippen LogP) is 2.46. The molecule has 1 saturated carbocycles. The highest BCUT2D eigenvalue weighted by molar-refractivity contribution is 5.16. The fraction of sp³-hybridized carbons (Fsp3) is 0.583. The highest BCUT2D eigenvalue weighted by atomic mass is 14.9. The van der Waals surface area contributed by atoms with Crippen LogP contribution in [0.1, 0.15) is 43.9 Å². The van der Waals surface area contributed by atoms with E-state index in [1.165, 1.54) is 24.1 Å². The Balaban J connectivity index is 1.91. The van der Waals surface area contributed by atoms with Crippen molar-refractivity contribution in [2.75, 3.05) is 0 Å². The van der Waals surface area contributed by atoms with Gasteiger partial charge in [-0.25, -0.2) is 0 Å². The van der Waals surface area contributed by atoms with Gasteiger partial charge in [-0.15, -0.1) is 0 Å². The van der Waals surface area contributed by atoms with Crippen molar-refractivity contribution < 1.29 is 0 Å². The highest BCUT2D eigenvalue weighted by Gasteiger charge is 2.19. The Morgan fingerprint density at radius 2 is 2.21 bits per heavy atom. The summed E-state index contributed by atoms with van der Waals surface area (Å²) in [4.78, 5) is 4.44. The first-order valence-electron chi connectivity index (χ1n) is 5.44. The average Bonchev–Trinajstić information content (AvgIpc) is 2.99. The third kappa shape index (κ3) is 2.55. The van der Waals surface area contributed by atoms with E-state index in [1.54, 1.807) is 0 Å². The van der Waals surface area contributed by atoms with Crippen molar-refractivity contribution in [3.05, 3.63) is 29.6 Å². The normalized spacial score (nSPS) is 16.2. The maximum atomic E-state index is 4.44. The third-order valence-electron chi connectivity index (χ3n) is 2.61. The Morgan fingerprint density at radius 1 is 1.43 bits per heavy atom. The van der Waals surface area contributed by atoms with E-state index in [-0.39, 0.29) is 0 Å². The minimum Gasteiger partial charge on any atom is -0.310 e. The quantitative estimate of drug-likeness (QED) is 0.789. The number of nitrogens with one attached hydrogen (secondary N) is 1. The number of hydrogen-bond acceptors (Lipinski definition) is 2. The van der Waals surface area contributed by atoms with Crippen LogP contribution in [0, 0.1) is 0 Å². The van der Waals surface area contributed by atoms with Gasteiger partial charge >= 0.3 is 0 Å². The monoisotopic (exact) mass is 190 g/mol. The van der Waals surface area contributed by atoms with Crippen molar-refractivity contribution >= 4 is 0 Å². The molecule has 0 radical (unpaired) electrons. The minimum absolute atomic E-state index is 0.528. The Hall–Kier alpha value is -0.890. The smallest absolute Gasteiger partial charge is 0.0429 e. The van der Waals surface area contributed by atoms with Gasteiger partial charge in [-0.3, -0.25) is 4.98 Å². The maximum Gasteiger partial charge on any atom is 0.0429 e. The van der Waals surface area contributed by atoms with Crippen LogP contribution in [0.3, 0.4) is 0 Å². The van der Waals surface area contributed by atoms with Crippen LogP contribution in [-0.4, -0.2) is 11.0 Å². The summed E-state index contributed by atoms with van der Waals surface area (Å²) >= 11 is 0. The summed E-state index contributed by atoms with van der Waals surface area (Å²) < 4.78 is 0. The van der Waals surface area contributed by atoms with E-state index < -0.39 is 0 Å². The van der Waals surface area contributed by atoms with E-state index in [0.29, 0.717) is 5.92 Å². The number of aromatic nitrogens is 1. The van der Waals surface area contributed by atoms with Crippen LogP contribution < -0.4 is 5.32 Å². The molecule has 0 amide bonds. The lowest BCUT2D eigenvalue weighted by Gasteiger charge is -2.06. The van der Waals surface area contributed by atoms with Crippen LogP contribution in [-0.2, 0) is 6.54 Å². The van der Waals surface area contributed by atoms with E-state index in [1.807, 2.05) is 6.20 Å². The van der Waals surface area contributed by atoms with Crippen LogP contribution in [0.4, 0.5) is 0 Å². The molecule has 2 rings (SSSR count). The van der Waals surface area contributed by atoms with Crippen LogP contribution >= 0.6 is 0 Å². The molecule has 76 valence electrons.